The van der Waals surface area contributed by atoms with Gasteiger partial charge in [0.25, 0.3) is 0 Å². The number of nitrogens with one attached hydrogen (secondary N) is 2. The summed E-state index contributed by atoms with van der Waals surface area (Å²) in [6, 6.07) is 0.779. The minimum atomic E-state index is 0.269. The van der Waals surface area contributed by atoms with Gasteiger partial charge in [-0.2, -0.15) is 0 Å². The summed E-state index contributed by atoms with van der Waals surface area (Å²) in [4.78, 5) is 0. The molecule has 4 aliphatic rings. The molecule has 23 heavy (non-hydrogen) atoms. The summed E-state index contributed by atoms with van der Waals surface area (Å²) in [6.07, 6.45) is 15.6. The normalized spacial score (nSPS) is 54.1. The van der Waals surface area contributed by atoms with E-state index in [1.165, 1.54) is 70.6 Å². The zero-order valence-electron chi connectivity index (χ0n) is 15.7. The summed E-state index contributed by atoms with van der Waals surface area (Å²) >= 11 is 0. The molecule has 0 aromatic rings. The highest BCUT2D eigenvalue weighted by Crippen LogP contribution is 2.49. The lowest BCUT2D eigenvalue weighted by molar-refractivity contribution is -0.0532. The molecule has 1 heterocycles. The van der Waals surface area contributed by atoms with Crippen LogP contribution in [-0.4, -0.2) is 17.2 Å². The lowest BCUT2D eigenvalue weighted by Gasteiger charge is -2.62. The van der Waals surface area contributed by atoms with Gasteiger partial charge in [-0.3, -0.25) is 10.6 Å². The molecular weight excluding hydrogens is 280 g/mol. The van der Waals surface area contributed by atoms with Crippen molar-refractivity contribution in [2.24, 2.45) is 23.7 Å². The summed E-state index contributed by atoms with van der Waals surface area (Å²) in [7, 11) is 0. The largest absolute Gasteiger partial charge is 0.296 e. The maximum Gasteiger partial charge on any atom is 0.0693 e. The topological polar surface area (TPSA) is 24.1 Å². The van der Waals surface area contributed by atoms with Crippen molar-refractivity contribution in [3.8, 4) is 0 Å². The molecule has 2 heteroatoms. The van der Waals surface area contributed by atoms with Crippen LogP contribution in [-0.2, 0) is 0 Å². The van der Waals surface area contributed by atoms with Crippen LogP contribution in [0.1, 0.15) is 91.4 Å². The van der Waals surface area contributed by atoms with Crippen molar-refractivity contribution in [2.45, 2.75) is 109 Å². The second kappa shape index (κ2) is 6.02. The first-order valence-electron chi connectivity index (χ1n) is 10.6. The third-order valence-corrected chi connectivity index (χ3v) is 8.07. The van der Waals surface area contributed by atoms with Crippen LogP contribution in [0.3, 0.4) is 0 Å². The van der Waals surface area contributed by atoms with Crippen LogP contribution in [0.4, 0.5) is 0 Å². The zero-order valence-corrected chi connectivity index (χ0v) is 15.7. The molecule has 0 amide bonds. The lowest BCUT2D eigenvalue weighted by atomic mass is 9.59. The Morgan fingerprint density at radius 1 is 0.696 bits per heavy atom. The molecule has 0 radical (unpaired) electrons. The zero-order chi connectivity index (χ0) is 16.1. The molecule has 1 aliphatic heterocycles. The molecule has 132 valence electrons. The maximum atomic E-state index is 4.33. The number of hydrogen-bond donors (Lipinski definition) is 2. The molecule has 2 N–H and O–H groups in total. The Morgan fingerprint density at radius 2 is 1.30 bits per heavy atom. The first-order chi connectivity index (χ1) is 11.0. The third kappa shape index (κ3) is 2.99. The fraction of sp³-hybridized carbons (Fsp3) is 1.00. The van der Waals surface area contributed by atoms with Crippen molar-refractivity contribution in [2.75, 3.05) is 0 Å². The minimum Gasteiger partial charge on any atom is -0.296 e. The Labute approximate surface area is 143 Å². The summed E-state index contributed by atoms with van der Waals surface area (Å²) < 4.78 is 0. The van der Waals surface area contributed by atoms with Gasteiger partial charge in [-0.25, -0.2) is 0 Å². The van der Waals surface area contributed by atoms with Gasteiger partial charge in [0.1, 0.15) is 0 Å². The quantitative estimate of drug-likeness (QED) is 0.668. The van der Waals surface area contributed by atoms with Crippen LogP contribution in [0, 0.1) is 23.7 Å². The number of rotatable bonds is 0. The van der Waals surface area contributed by atoms with E-state index in [-0.39, 0.29) is 5.66 Å². The van der Waals surface area contributed by atoms with Crippen LogP contribution in [0.5, 0.6) is 0 Å². The Kier molecular flexibility index (Phi) is 4.29. The Morgan fingerprint density at radius 3 is 1.96 bits per heavy atom. The average Bonchev–Trinajstić information content (AvgIpc) is 2.53. The molecule has 1 saturated heterocycles. The molecule has 3 aliphatic carbocycles. The van der Waals surface area contributed by atoms with Crippen molar-refractivity contribution in [1.82, 2.24) is 10.6 Å². The van der Waals surface area contributed by atoms with Gasteiger partial charge < -0.3 is 0 Å². The van der Waals surface area contributed by atoms with Crippen LogP contribution in [0.2, 0.25) is 0 Å². The molecule has 0 aromatic carbocycles. The highest BCUT2D eigenvalue weighted by molar-refractivity contribution is 5.13. The molecule has 3 saturated carbocycles. The SMILES string of the molecule is CC1CCC2(CC1)NC1CC(C)CCC1C1(CCC(C)CC1)N2. The first kappa shape index (κ1) is 16.4. The molecule has 2 nitrogen and oxygen atoms in total. The van der Waals surface area contributed by atoms with Gasteiger partial charge >= 0.3 is 0 Å². The van der Waals surface area contributed by atoms with E-state index in [0.717, 1.165) is 29.7 Å². The Balaban J connectivity index is 1.60. The van der Waals surface area contributed by atoms with Gasteiger partial charge in [0.05, 0.1) is 5.66 Å². The van der Waals surface area contributed by atoms with Crippen LogP contribution >= 0.6 is 0 Å². The summed E-state index contributed by atoms with van der Waals surface area (Å²) in [5.41, 5.74) is 0.731. The van der Waals surface area contributed by atoms with E-state index >= 15 is 0 Å². The fourth-order valence-corrected chi connectivity index (χ4v) is 6.46. The van der Waals surface area contributed by atoms with Gasteiger partial charge in [0.2, 0.25) is 0 Å². The lowest BCUT2D eigenvalue weighted by Crippen LogP contribution is -2.78. The van der Waals surface area contributed by atoms with Crippen LogP contribution in [0.15, 0.2) is 0 Å². The smallest absolute Gasteiger partial charge is 0.0693 e. The van der Waals surface area contributed by atoms with Gasteiger partial charge in [0, 0.05) is 11.6 Å². The molecular formula is C21H38N2. The van der Waals surface area contributed by atoms with Crippen LogP contribution < -0.4 is 10.6 Å². The third-order valence-electron chi connectivity index (χ3n) is 8.07. The van der Waals surface area contributed by atoms with Crippen molar-refractivity contribution in [1.29, 1.82) is 0 Å². The number of hydrogen-bond acceptors (Lipinski definition) is 2. The molecule has 3 atom stereocenters. The highest BCUT2D eigenvalue weighted by Gasteiger charge is 2.55. The Bertz CT molecular complexity index is 416. The predicted molar refractivity (Wildman–Crippen MR) is 97.3 cm³/mol. The van der Waals surface area contributed by atoms with E-state index in [2.05, 4.69) is 31.4 Å². The van der Waals surface area contributed by atoms with Gasteiger partial charge in [0.15, 0.2) is 0 Å². The second-order valence-electron chi connectivity index (χ2n) is 10.0. The molecule has 4 fully saturated rings. The van der Waals surface area contributed by atoms with E-state index in [0.29, 0.717) is 5.54 Å². The maximum absolute atomic E-state index is 4.33. The van der Waals surface area contributed by atoms with Gasteiger partial charge in [-0.05, 0) is 87.9 Å². The first-order valence-corrected chi connectivity index (χ1v) is 10.6. The predicted octanol–water partition coefficient (Wildman–Crippen LogP) is 4.84. The Hall–Kier alpha value is -0.0800. The van der Waals surface area contributed by atoms with E-state index in [4.69, 9.17) is 0 Å². The molecule has 0 bridgehead atoms. The van der Waals surface area contributed by atoms with E-state index in [9.17, 15) is 0 Å². The fourth-order valence-electron chi connectivity index (χ4n) is 6.46. The molecule has 4 rings (SSSR count). The van der Waals surface area contributed by atoms with Gasteiger partial charge in [-0.1, -0.05) is 27.2 Å². The standard InChI is InChI=1S/C21H38N2/c1-15-6-10-20(11-7-15)18-5-4-17(3)14-19(18)22-21(23-20)12-8-16(2)9-13-21/h15-19,22-23H,4-14H2,1-3H3. The summed E-state index contributed by atoms with van der Waals surface area (Å²) in [5.74, 6) is 3.67. The van der Waals surface area contributed by atoms with E-state index < -0.39 is 0 Å². The number of fused-ring (bicyclic) bond motifs is 2. The van der Waals surface area contributed by atoms with Crippen LogP contribution in [0.25, 0.3) is 0 Å². The van der Waals surface area contributed by atoms with Crippen molar-refractivity contribution in [3.05, 3.63) is 0 Å². The van der Waals surface area contributed by atoms with Gasteiger partial charge in [-0.15, -0.1) is 0 Å². The monoisotopic (exact) mass is 318 g/mol. The minimum absolute atomic E-state index is 0.269. The molecule has 0 aromatic heterocycles. The summed E-state index contributed by atoms with van der Waals surface area (Å²) in [5, 5.41) is 8.52. The van der Waals surface area contributed by atoms with Crippen molar-refractivity contribution in [3.63, 3.8) is 0 Å². The van der Waals surface area contributed by atoms with Crippen molar-refractivity contribution < 1.29 is 0 Å². The summed E-state index contributed by atoms with van der Waals surface area (Å²) in [6.45, 7) is 7.39. The molecule has 3 unspecified atom stereocenters. The average molecular weight is 319 g/mol. The van der Waals surface area contributed by atoms with Crippen molar-refractivity contribution >= 4 is 0 Å². The highest BCUT2D eigenvalue weighted by atomic mass is 15.3. The molecule has 2 spiro atoms. The van der Waals surface area contributed by atoms with E-state index in [1.54, 1.807) is 0 Å². The second-order valence-corrected chi connectivity index (χ2v) is 10.0. The van der Waals surface area contributed by atoms with E-state index in [1.807, 2.05) is 0 Å².